The van der Waals surface area contributed by atoms with Crippen molar-refractivity contribution >= 4 is 40.8 Å². The fraction of sp³-hybridized carbons (Fsp3) is 0.400. The number of rotatable bonds is 5. The van der Waals surface area contributed by atoms with Crippen LogP contribution < -0.4 is 9.47 Å². The summed E-state index contributed by atoms with van der Waals surface area (Å²) in [6.45, 7) is 2.12. The molecule has 0 aliphatic carbocycles. The number of nitriles is 1. The zero-order valence-electron chi connectivity index (χ0n) is 16.1. The fourth-order valence-electron chi connectivity index (χ4n) is 3.05. The summed E-state index contributed by atoms with van der Waals surface area (Å²) in [7, 11) is 1.45. The molecule has 1 aromatic heterocycles. The van der Waals surface area contributed by atoms with E-state index in [4.69, 9.17) is 32.7 Å². The highest BCUT2D eigenvalue weighted by atomic mass is 35.5. The summed E-state index contributed by atoms with van der Waals surface area (Å²) in [4.78, 5) is 11.9. The number of carbonyl (C=O) groups is 1. The Balaban J connectivity index is 1.92. The normalized spacial score (nSPS) is 14.5. The van der Waals surface area contributed by atoms with Crippen LogP contribution in [0, 0.1) is 11.3 Å². The smallest absolute Gasteiger partial charge is 0.347 e. The molecular formula is C20H20Cl2N4O3. The predicted molar refractivity (Wildman–Crippen MR) is 110 cm³/mol. The van der Waals surface area contributed by atoms with Gasteiger partial charge in [-0.15, -0.1) is 10.2 Å². The van der Waals surface area contributed by atoms with Gasteiger partial charge in [0.1, 0.15) is 11.9 Å². The first-order valence-corrected chi connectivity index (χ1v) is 9.91. The maximum absolute atomic E-state index is 11.9. The molecule has 0 N–H and O–H groups in total. The number of fused-ring (bicyclic) bond motifs is 1. The van der Waals surface area contributed by atoms with Gasteiger partial charge in [0.05, 0.1) is 12.7 Å². The van der Waals surface area contributed by atoms with Gasteiger partial charge in [0, 0.05) is 13.0 Å². The Kier molecular flexibility index (Phi) is 6.46. The van der Waals surface area contributed by atoms with E-state index in [0.717, 1.165) is 38.1 Å². The molecule has 1 aromatic carbocycles. The number of aryl methyl sites for hydroxylation is 1. The molecule has 7 nitrogen and oxygen atoms in total. The third-order valence-electron chi connectivity index (χ3n) is 4.53. The van der Waals surface area contributed by atoms with Crippen LogP contribution in [-0.2, 0) is 17.8 Å². The first kappa shape index (κ1) is 21.2. The van der Waals surface area contributed by atoms with E-state index in [1.807, 2.05) is 4.57 Å². The van der Waals surface area contributed by atoms with Crippen LogP contribution in [0.1, 0.15) is 43.4 Å². The molecule has 0 saturated carbocycles. The zero-order chi connectivity index (χ0) is 21.0. The van der Waals surface area contributed by atoms with Crippen LogP contribution in [0.5, 0.6) is 11.5 Å². The predicted octanol–water partition coefficient (Wildman–Crippen LogP) is 4.18. The van der Waals surface area contributed by atoms with Crippen LogP contribution in [0.3, 0.4) is 0 Å². The lowest BCUT2D eigenvalue weighted by Crippen LogP contribution is -2.27. The van der Waals surface area contributed by atoms with Crippen LogP contribution in [-0.4, -0.2) is 32.2 Å². The van der Waals surface area contributed by atoms with Gasteiger partial charge in [-0.05, 0) is 43.5 Å². The second-order valence-electron chi connectivity index (χ2n) is 6.76. The molecular weight excluding hydrogens is 415 g/mol. The van der Waals surface area contributed by atoms with Crippen molar-refractivity contribution < 1.29 is 14.3 Å². The van der Waals surface area contributed by atoms with Gasteiger partial charge >= 0.3 is 5.97 Å². The number of ether oxygens (including phenoxy) is 2. The zero-order valence-corrected chi connectivity index (χ0v) is 17.6. The van der Waals surface area contributed by atoms with Crippen molar-refractivity contribution in [2.75, 3.05) is 7.11 Å². The molecule has 0 unspecified atom stereocenters. The van der Waals surface area contributed by atoms with Gasteiger partial charge in [0.15, 0.2) is 17.3 Å². The molecule has 0 saturated heterocycles. The van der Waals surface area contributed by atoms with Crippen molar-refractivity contribution in [3.63, 3.8) is 0 Å². The van der Waals surface area contributed by atoms with E-state index in [9.17, 15) is 10.1 Å². The van der Waals surface area contributed by atoms with Gasteiger partial charge in [-0.1, -0.05) is 35.7 Å². The number of nitrogens with zero attached hydrogens (tertiary/aromatic N) is 4. The minimum absolute atomic E-state index is 0.178. The van der Waals surface area contributed by atoms with Crippen molar-refractivity contribution in [2.45, 2.75) is 43.5 Å². The van der Waals surface area contributed by atoms with Crippen LogP contribution in [0.2, 0.25) is 0 Å². The minimum Gasteiger partial charge on any atom is -0.493 e. The topological polar surface area (TPSA) is 90.0 Å². The largest absolute Gasteiger partial charge is 0.493 e. The van der Waals surface area contributed by atoms with Crippen molar-refractivity contribution in [3.8, 4) is 17.6 Å². The van der Waals surface area contributed by atoms with E-state index in [0.29, 0.717) is 22.7 Å². The summed E-state index contributed by atoms with van der Waals surface area (Å²) in [6, 6.07) is 7.11. The highest BCUT2D eigenvalue weighted by Crippen LogP contribution is 2.32. The number of allylic oxidation sites excluding steroid dienone is 1. The molecule has 0 bridgehead atoms. The number of carbonyl (C=O) groups excluding carboxylic acids is 1. The number of esters is 1. The molecule has 0 atom stereocenters. The van der Waals surface area contributed by atoms with E-state index in [1.54, 1.807) is 24.3 Å². The van der Waals surface area contributed by atoms with Crippen LogP contribution in [0.15, 0.2) is 18.2 Å². The Labute approximate surface area is 178 Å². The molecule has 1 aliphatic rings. The summed E-state index contributed by atoms with van der Waals surface area (Å²) in [5, 5.41) is 18.2. The maximum Gasteiger partial charge on any atom is 0.347 e. The maximum atomic E-state index is 11.9. The van der Waals surface area contributed by atoms with E-state index in [-0.39, 0.29) is 5.75 Å². The van der Waals surface area contributed by atoms with Crippen LogP contribution >= 0.6 is 23.2 Å². The van der Waals surface area contributed by atoms with Gasteiger partial charge in [-0.3, -0.25) is 0 Å². The van der Waals surface area contributed by atoms with Crippen molar-refractivity contribution in [2.24, 2.45) is 0 Å². The van der Waals surface area contributed by atoms with Gasteiger partial charge in [-0.25, -0.2) is 4.79 Å². The Morgan fingerprint density at radius 3 is 2.76 bits per heavy atom. The third-order valence-corrected chi connectivity index (χ3v) is 4.84. The van der Waals surface area contributed by atoms with E-state index in [1.165, 1.54) is 14.0 Å². The number of hydrogen-bond donors (Lipinski definition) is 0. The highest BCUT2D eigenvalue weighted by molar-refractivity contribution is 6.57. The average Bonchev–Trinajstić information content (AvgIpc) is 2.93. The third kappa shape index (κ3) is 4.89. The van der Waals surface area contributed by atoms with Crippen molar-refractivity contribution in [1.29, 1.82) is 5.26 Å². The van der Waals surface area contributed by atoms with E-state index < -0.39 is 10.3 Å². The molecule has 0 radical (unpaired) electrons. The number of halogens is 2. The summed E-state index contributed by atoms with van der Waals surface area (Å²) >= 11 is 11.5. The standard InChI is InChI=1S/C20H20Cl2N4O3/c1-20(21,22)19(27)29-15-8-7-13(11-16(15)28-2)10-14(12-23)18-25-24-17-6-4-3-5-9-26(17)18/h7-8,10-11H,3-6,9H2,1-2H3. The first-order chi connectivity index (χ1) is 13.8. The minimum atomic E-state index is -1.68. The van der Waals surface area contributed by atoms with Crippen LogP contribution in [0.25, 0.3) is 11.6 Å². The lowest BCUT2D eigenvalue weighted by atomic mass is 10.1. The van der Waals surface area contributed by atoms with Crippen molar-refractivity contribution in [3.05, 3.63) is 35.4 Å². The first-order valence-electron chi connectivity index (χ1n) is 9.16. The lowest BCUT2D eigenvalue weighted by Gasteiger charge is -2.14. The summed E-state index contributed by atoms with van der Waals surface area (Å²) in [5.74, 6) is 1.13. The molecule has 9 heteroatoms. The number of hydrogen-bond acceptors (Lipinski definition) is 6. The summed E-state index contributed by atoms with van der Waals surface area (Å²) in [5.41, 5.74) is 1.08. The SMILES string of the molecule is COc1cc(C=C(C#N)c2nnc3n2CCCCC3)ccc1OC(=O)C(C)(Cl)Cl. The highest BCUT2D eigenvalue weighted by Gasteiger charge is 2.30. The molecule has 152 valence electrons. The molecule has 3 rings (SSSR count). The lowest BCUT2D eigenvalue weighted by molar-refractivity contribution is -0.134. The van der Waals surface area contributed by atoms with Crippen LogP contribution in [0.4, 0.5) is 0 Å². The Bertz CT molecular complexity index is 987. The number of alkyl halides is 2. The molecule has 2 heterocycles. The molecule has 2 aromatic rings. The van der Waals surface area contributed by atoms with Gasteiger partial charge in [0.25, 0.3) is 0 Å². The Hall–Kier alpha value is -2.56. The monoisotopic (exact) mass is 434 g/mol. The summed E-state index contributed by atoms with van der Waals surface area (Å²) in [6.07, 6.45) is 5.80. The van der Waals surface area contributed by atoms with E-state index in [2.05, 4.69) is 16.3 Å². The number of aromatic nitrogens is 3. The molecule has 0 spiro atoms. The number of methoxy groups -OCH3 is 1. The van der Waals surface area contributed by atoms with Crippen molar-refractivity contribution in [1.82, 2.24) is 14.8 Å². The fourth-order valence-corrected chi connectivity index (χ4v) is 3.12. The summed E-state index contributed by atoms with van der Waals surface area (Å²) < 4.78 is 10.8. The quantitative estimate of drug-likeness (QED) is 0.303. The number of benzene rings is 1. The molecule has 1 aliphatic heterocycles. The average molecular weight is 435 g/mol. The van der Waals surface area contributed by atoms with Gasteiger partial charge < -0.3 is 14.0 Å². The Morgan fingerprint density at radius 1 is 1.28 bits per heavy atom. The molecule has 29 heavy (non-hydrogen) atoms. The second kappa shape index (κ2) is 8.85. The Morgan fingerprint density at radius 2 is 2.07 bits per heavy atom. The van der Waals surface area contributed by atoms with Gasteiger partial charge in [-0.2, -0.15) is 5.26 Å². The molecule has 0 amide bonds. The molecule has 0 fully saturated rings. The van der Waals surface area contributed by atoms with E-state index >= 15 is 0 Å². The second-order valence-corrected chi connectivity index (χ2v) is 8.47. The van der Waals surface area contributed by atoms with Gasteiger partial charge in [0.2, 0.25) is 4.33 Å².